The topological polar surface area (TPSA) is 98.1 Å². The fraction of sp³-hybridized carbons (Fsp3) is 0.565. The average molecular weight is 468 g/mol. The van der Waals surface area contributed by atoms with E-state index in [1.54, 1.807) is 17.8 Å². The molecule has 6 nitrogen and oxygen atoms in total. The molecule has 0 radical (unpaired) electrons. The number of hydrogen-bond acceptors (Lipinski definition) is 6. The van der Waals surface area contributed by atoms with Crippen LogP contribution in [0.5, 0.6) is 0 Å². The van der Waals surface area contributed by atoms with Gasteiger partial charge in [-0.3, -0.25) is 9.59 Å². The van der Waals surface area contributed by atoms with Gasteiger partial charge in [-0.15, -0.1) is 11.8 Å². The van der Waals surface area contributed by atoms with Crippen molar-refractivity contribution in [3.8, 4) is 0 Å². The Morgan fingerprint density at radius 2 is 1.84 bits per heavy atom. The Morgan fingerprint density at radius 3 is 2.39 bits per heavy atom. The van der Waals surface area contributed by atoms with Gasteiger partial charge in [0.15, 0.2) is 0 Å². The van der Waals surface area contributed by atoms with Crippen LogP contribution < -0.4 is 0 Å². The Hall–Kier alpha value is -1.48. The number of carbonyl (C=O) groups excluding carboxylic acids is 1. The molecule has 3 N–H and O–H groups in total. The molecule has 1 fully saturated rings. The third-order valence-corrected chi connectivity index (χ3v) is 7.38. The van der Waals surface area contributed by atoms with Crippen LogP contribution in [0.2, 0.25) is 0 Å². The highest BCUT2D eigenvalue weighted by molar-refractivity contribution is 8.14. The molecule has 0 aliphatic carbocycles. The molecule has 8 heteroatoms. The number of aliphatic carboxylic acids is 1. The van der Waals surface area contributed by atoms with Crippen LogP contribution in [0.15, 0.2) is 42.5 Å². The largest absolute Gasteiger partial charge is 0.481 e. The summed E-state index contributed by atoms with van der Waals surface area (Å²) in [4.78, 5) is 26.0. The van der Waals surface area contributed by atoms with Crippen molar-refractivity contribution in [1.29, 1.82) is 0 Å². The summed E-state index contributed by atoms with van der Waals surface area (Å²) in [6.07, 6.45) is 0.754. The number of benzene rings is 1. The molecule has 0 saturated carbocycles. The predicted molar refractivity (Wildman–Crippen MR) is 127 cm³/mol. The molecule has 0 aromatic heterocycles. The van der Waals surface area contributed by atoms with Gasteiger partial charge in [-0.05, 0) is 19.4 Å². The molecule has 31 heavy (non-hydrogen) atoms. The number of amides is 1. The zero-order valence-electron chi connectivity index (χ0n) is 18.7. The normalized spacial score (nSPS) is 23.1. The highest BCUT2D eigenvalue weighted by Gasteiger charge is 2.49. The number of nitrogens with zero attached hydrogens (tertiary/aromatic N) is 1. The van der Waals surface area contributed by atoms with Gasteiger partial charge in [0.2, 0.25) is 0 Å². The van der Waals surface area contributed by atoms with Crippen LogP contribution in [0.3, 0.4) is 0 Å². The number of carboxylic acid groups (broad SMARTS) is 1. The van der Waals surface area contributed by atoms with E-state index in [-0.39, 0.29) is 32.6 Å². The first-order valence-corrected chi connectivity index (χ1v) is 12.0. The predicted octanol–water partition coefficient (Wildman–Crippen LogP) is 4.68. The Bertz CT molecular complexity index is 791. The van der Waals surface area contributed by atoms with Gasteiger partial charge in [0.25, 0.3) is 5.24 Å². The molecule has 1 unspecified atom stereocenters. The van der Waals surface area contributed by atoms with Crippen molar-refractivity contribution in [3.63, 3.8) is 0 Å². The quantitative estimate of drug-likeness (QED) is 0.501. The van der Waals surface area contributed by atoms with Gasteiger partial charge < -0.3 is 20.2 Å². The van der Waals surface area contributed by atoms with E-state index in [2.05, 4.69) is 13.8 Å². The van der Waals surface area contributed by atoms with Crippen molar-refractivity contribution in [2.45, 2.75) is 80.6 Å². The molecule has 0 spiro atoms. The summed E-state index contributed by atoms with van der Waals surface area (Å²) in [5.74, 6) is -1.11. The van der Waals surface area contributed by atoms with Crippen molar-refractivity contribution >= 4 is 34.7 Å². The number of rotatable bonds is 7. The van der Waals surface area contributed by atoms with Gasteiger partial charge in [0, 0.05) is 15.9 Å². The maximum absolute atomic E-state index is 13.4. The lowest BCUT2D eigenvalue weighted by atomic mass is 9.99. The zero-order chi connectivity index (χ0) is 23.4. The SMILES string of the molecule is CC(C)(C)SC(=O)N1C(c2ccccc2)SC(C)(C)[C@@H]1C=C[C@@H](O)C[C@H](O)CC(=O)O. The average Bonchev–Trinajstić information content (AvgIpc) is 2.89. The molecular weight excluding hydrogens is 434 g/mol. The van der Waals surface area contributed by atoms with Crippen molar-refractivity contribution in [2.24, 2.45) is 0 Å². The van der Waals surface area contributed by atoms with E-state index in [4.69, 9.17) is 5.11 Å². The second-order valence-electron chi connectivity index (χ2n) is 9.26. The van der Waals surface area contributed by atoms with Gasteiger partial charge in [-0.1, -0.05) is 75.0 Å². The fourth-order valence-electron chi connectivity index (χ4n) is 3.47. The third-order valence-electron chi connectivity index (χ3n) is 4.81. The summed E-state index contributed by atoms with van der Waals surface area (Å²) in [6.45, 7) is 10.1. The molecule has 1 aromatic carbocycles. The number of aliphatic hydroxyl groups is 2. The van der Waals surface area contributed by atoms with E-state index in [1.807, 2.05) is 62.1 Å². The number of aliphatic hydroxyl groups excluding tert-OH is 2. The van der Waals surface area contributed by atoms with Gasteiger partial charge >= 0.3 is 5.97 Å². The van der Waals surface area contributed by atoms with E-state index >= 15 is 0 Å². The smallest absolute Gasteiger partial charge is 0.305 e. The lowest BCUT2D eigenvalue weighted by Crippen LogP contribution is -2.42. The van der Waals surface area contributed by atoms with Crippen LogP contribution in [0.25, 0.3) is 0 Å². The van der Waals surface area contributed by atoms with Gasteiger partial charge in [0.1, 0.15) is 5.37 Å². The monoisotopic (exact) mass is 467 g/mol. The van der Waals surface area contributed by atoms with Crippen LogP contribution in [-0.4, -0.2) is 59.2 Å². The Kier molecular flexibility index (Phi) is 8.67. The van der Waals surface area contributed by atoms with Crippen LogP contribution in [0, 0.1) is 0 Å². The molecule has 0 bridgehead atoms. The minimum Gasteiger partial charge on any atom is -0.481 e. The lowest BCUT2D eigenvalue weighted by Gasteiger charge is -2.32. The summed E-state index contributed by atoms with van der Waals surface area (Å²) in [5, 5.41) is 28.7. The zero-order valence-corrected chi connectivity index (χ0v) is 20.3. The fourth-order valence-corrected chi connectivity index (χ4v) is 5.92. The van der Waals surface area contributed by atoms with Crippen LogP contribution in [-0.2, 0) is 4.79 Å². The minimum absolute atomic E-state index is 0.0329. The van der Waals surface area contributed by atoms with Crippen LogP contribution >= 0.6 is 23.5 Å². The second kappa shape index (κ2) is 10.4. The number of thioether (sulfide) groups is 2. The first-order valence-electron chi connectivity index (χ1n) is 10.3. The first-order chi connectivity index (χ1) is 14.3. The van der Waals surface area contributed by atoms with Crippen molar-refractivity contribution in [1.82, 2.24) is 4.90 Å². The highest BCUT2D eigenvalue weighted by Crippen LogP contribution is 2.54. The van der Waals surface area contributed by atoms with E-state index in [0.717, 1.165) is 5.56 Å². The van der Waals surface area contributed by atoms with E-state index in [9.17, 15) is 19.8 Å². The third kappa shape index (κ3) is 7.56. The Labute approximate surface area is 193 Å². The van der Waals surface area contributed by atoms with Crippen molar-refractivity contribution < 1.29 is 24.9 Å². The van der Waals surface area contributed by atoms with E-state index < -0.39 is 24.6 Å². The van der Waals surface area contributed by atoms with E-state index in [0.29, 0.717) is 0 Å². The van der Waals surface area contributed by atoms with Gasteiger partial charge in [-0.2, -0.15) is 0 Å². The standard InChI is InChI=1S/C23H33NO5S2/c1-22(2,3)31-21(29)24-18(12-11-16(25)13-17(26)14-19(27)28)23(4,5)30-20(24)15-9-7-6-8-10-15/h6-12,16-18,20,25-26H,13-14H2,1-5H3,(H,27,28)/t16-,17+,18+,20?/m1/s1. The minimum atomic E-state index is -1.13. The van der Waals surface area contributed by atoms with Crippen molar-refractivity contribution in [3.05, 3.63) is 48.0 Å². The molecule has 1 saturated heterocycles. The summed E-state index contributed by atoms with van der Waals surface area (Å²) in [7, 11) is 0. The summed E-state index contributed by atoms with van der Waals surface area (Å²) in [5.41, 5.74) is 1.04. The molecule has 172 valence electrons. The Morgan fingerprint density at radius 1 is 1.23 bits per heavy atom. The molecule has 1 aliphatic rings. The molecule has 4 atom stereocenters. The second-order valence-corrected chi connectivity index (χ2v) is 12.8. The van der Waals surface area contributed by atoms with Crippen molar-refractivity contribution in [2.75, 3.05) is 0 Å². The maximum atomic E-state index is 13.4. The molecule has 1 aliphatic heterocycles. The van der Waals surface area contributed by atoms with E-state index in [1.165, 1.54) is 11.8 Å². The summed E-state index contributed by atoms with van der Waals surface area (Å²) >= 11 is 2.98. The van der Waals surface area contributed by atoms with Crippen LogP contribution in [0.4, 0.5) is 4.79 Å². The molecule has 1 amide bonds. The Balaban J connectivity index is 2.30. The summed E-state index contributed by atoms with van der Waals surface area (Å²) in [6, 6.07) is 9.60. The highest BCUT2D eigenvalue weighted by atomic mass is 32.2. The lowest BCUT2D eigenvalue weighted by molar-refractivity contribution is -0.139. The summed E-state index contributed by atoms with van der Waals surface area (Å²) < 4.78 is -0.561. The number of hydrogen-bond donors (Lipinski definition) is 3. The molecule has 1 heterocycles. The molecule has 1 aromatic rings. The van der Waals surface area contributed by atoms with Gasteiger partial charge in [-0.25, -0.2) is 0 Å². The van der Waals surface area contributed by atoms with Gasteiger partial charge in [0.05, 0.1) is 24.7 Å². The molecular formula is C23H33NO5S2. The van der Waals surface area contributed by atoms with Crippen LogP contribution in [0.1, 0.15) is 58.4 Å². The number of carbonyl (C=O) groups is 2. The molecule has 2 rings (SSSR count). The maximum Gasteiger partial charge on any atom is 0.305 e. The first kappa shape index (κ1) is 25.8. The number of carboxylic acids is 1.